The highest BCUT2D eigenvalue weighted by atomic mass is 32.1. The predicted octanol–water partition coefficient (Wildman–Crippen LogP) is -0.550. The number of nitrogens with zero attached hydrogens (tertiary/aromatic N) is 1. The molecule has 1 aliphatic rings. The first-order valence-corrected chi connectivity index (χ1v) is 6.08. The zero-order valence-corrected chi connectivity index (χ0v) is 11.1. The van der Waals surface area contributed by atoms with Gasteiger partial charge >= 0.3 is 11.9 Å². The van der Waals surface area contributed by atoms with Gasteiger partial charge in [0.05, 0.1) is 6.61 Å². The lowest BCUT2D eigenvalue weighted by molar-refractivity contribution is -0.304. The van der Waals surface area contributed by atoms with Crippen LogP contribution >= 0.6 is 12.2 Å². The van der Waals surface area contributed by atoms with Crippen LogP contribution in [0.5, 0.6) is 0 Å². The maximum atomic E-state index is 13.1. The van der Waals surface area contributed by atoms with Crippen molar-refractivity contribution in [2.24, 2.45) is 0 Å². The topological polar surface area (TPSA) is 108 Å². The van der Waals surface area contributed by atoms with Crippen LogP contribution < -0.4 is 5.69 Å². The summed E-state index contributed by atoms with van der Waals surface area (Å²) in [6, 6.07) is 1.12. The van der Waals surface area contributed by atoms with Crippen molar-refractivity contribution < 1.29 is 33.2 Å². The standard InChI is InChI=1S/C10H11F3N2O5S/c11-10(12,13)9(19)6(17)4(3-16)20-7(9)15-2-1-5(21)14-8(15)18/h1-2,4,6-7,16-17,19H,3H2,(H,14,18,21)/t4-,6?,7-,9-/m1/s1. The number of ether oxygens (including phenoxy) is 1. The number of hydrogen-bond donors (Lipinski definition) is 4. The summed E-state index contributed by atoms with van der Waals surface area (Å²) in [7, 11) is 0. The number of halogens is 3. The predicted molar refractivity (Wildman–Crippen MR) is 63.9 cm³/mol. The van der Waals surface area contributed by atoms with E-state index in [1.165, 1.54) is 0 Å². The molecule has 4 N–H and O–H groups in total. The first-order valence-electron chi connectivity index (χ1n) is 5.68. The van der Waals surface area contributed by atoms with Gasteiger partial charge in [0.15, 0.2) is 6.23 Å². The lowest BCUT2D eigenvalue weighted by Crippen LogP contribution is -2.58. The molecule has 0 aliphatic carbocycles. The Morgan fingerprint density at radius 3 is 2.62 bits per heavy atom. The second kappa shape index (κ2) is 5.18. The van der Waals surface area contributed by atoms with Crippen molar-refractivity contribution in [1.29, 1.82) is 0 Å². The molecule has 0 spiro atoms. The number of aromatic nitrogens is 2. The average Bonchev–Trinajstić information content (AvgIpc) is 2.63. The molecule has 21 heavy (non-hydrogen) atoms. The van der Waals surface area contributed by atoms with Crippen LogP contribution in [0.4, 0.5) is 13.2 Å². The summed E-state index contributed by atoms with van der Waals surface area (Å²) in [4.78, 5) is 13.8. The van der Waals surface area contributed by atoms with Gasteiger partial charge in [-0.3, -0.25) is 9.55 Å². The van der Waals surface area contributed by atoms with Gasteiger partial charge in [0.25, 0.3) is 0 Å². The fourth-order valence-electron chi connectivity index (χ4n) is 2.11. The van der Waals surface area contributed by atoms with Crippen molar-refractivity contribution >= 4 is 12.2 Å². The normalized spacial score (nSPS) is 33.3. The van der Waals surface area contributed by atoms with Crippen molar-refractivity contribution in [2.75, 3.05) is 6.61 Å². The van der Waals surface area contributed by atoms with Crippen molar-refractivity contribution in [1.82, 2.24) is 9.55 Å². The van der Waals surface area contributed by atoms with E-state index in [1.54, 1.807) is 0 Å². The van der Waals surface area contributed by atoms with Crippen LogP contribution in [0.1, 0.15) is 6.23 Å². The molecule has 1 fully saturated rings. The van der Waals surface area contributed by atoms with Gasteiger partial charge in [-0.25, -0.2) is 4.79 Å². The summed E-state index contributed by atoms with van der Waals surface area (Å²) in [5, 5.41) is 28.5. The van der Waals surface area contributed by atoms with Crippen molar-refractivity contribution in [3.8, 4) is 0 Å². The first kappa shape index (κ1) is 16.1. The molecule has 1 aliphatic heterocycles. The molecule has 0 amide bonds. The molecule has 7 nitrogen and oxygen atoms in total. The van der Waals surface area contributed by atoms with E-state index < -0.39 is 42.5 Å². The number of H-pyrrole nitrogens is 1. The van der Waals surface area contributed by atoms with E-state index >= 15 is 0 Å². The summed E-state index contributed by atoms with van der Waals surface area (Å²) in [6.45, 7) is -0.965. The maximum absolute atomic E-state index is 13.1. The van der Waals surface area contributed by atoms with Gasteiger partial charge in [-0.15, -0.1) is 0 Å². The number of rotatable bonds is 2. The van der Waals surface area contributed by atoms with E-state index in [2.05, 4.69) is 17.2 Å². The summed E-state index contributed by atoms with van der Waals surface area (Å²) >= 11 is 4.65. The number of aliphatic hydroxyl groups is 3. The minimum atomic E-state index is -5.30. The second-order valence-corrected chi connectivity index (χ2v) is 4.93. The Morgan fingerprint density at radius 2 is 2.14 bits per heavy atom. The Kier molecular flexibility index (Phi) is 3.97. The zero-order chi connectivity index (χ0) is 16.0. The third kappa shape index (κ3) is 2.40. The van der Waals surface area contributed by atoms with Crippen LogP contribution in [0, 0.1) is 4.64 Å². The molecule has 1 unspecified atom stereocenters. The van der Waals surface area contributed by atoms with Crippen LogP contribution in [0.25, 0.3) is 0 Å². The molecule has 11 heteroatoms. The molecule has 0 radical (unpaired) electrons. The van der Waals surface area contributed by atoms with E-state index in [-0.39, 0.29) is 4.64 Å². The molecule has 118 valence electrons. The molecule has 0 saturated carbocycles. The third-order valence-corrected chi connectivity index (χ3v) is 3.46. The van der Waals surface area contributed by atoms with Crippen molar-refractivity contribution in [3.05, 3.63) is 27.4 Å². The van der Waals surface area contributed by atoms with E-state index in [1.807, 2.05) is 0 Å². The minimum absolute atomic E-state index is 0.0240. The monoisotopic (exact) mass is 328 g/mol. The van der Waals surface area contributed by atoms with Crippen molar-refractivity contribution in [3.63, 3.8) is 0 Å². The molecular formula is C10H11F3N2O5S. The Morgan fingerprint density at radius 1 is 1.52 bits per heavy atom. The minimum Gasteiger partial charge on any atom is -0.394 e. The number of hydrogen-bond acceptors (Lipinski definition) is 6. The van der Waals surface area contributed by atoms with Crippen LogP contribution in [0.15, 0.2) is 17.1 Å². The average molecular weight is 328 g/mol. The molecule has 0 bridgehead atoms. The lowest BCUT2D eigenvalue weighted by atomic mass is 9.93. The second-order valence-electron chi connectivity index (χ2n) is 4.49. The highest BCUT2D eigenvalue weighted by molar-refractivity contribution is 7.71. The zero-order valence-electron chi connectivity index (χ0n) is 10.2. The first-order chi connectivity index (χ1) is 9.62. The van der Waals surface area contributed by atoms with Gasteiger partial charge in [0, 0.05) is 6.20 Å². The Labute approximate surface area is 120 Å². The smallest absolute Gasteiger partial charge is 0.394 e. The Hall–Kier alpha value is -1.27. The molecular weight excluding hydrogens is 317 g/mol. The third-order valence-electron chi connectivity index (χ3n) is 3.22. The molecule has 0 aromatic carbocycles. The maximum Gasteiger partial charge on any atom is 0.424 e. The molecule has 1 aromatic heterocycles. The van der Waals surface area contributed by atoms with Gasteiger partial charge in [-0.05, 0) is 6.07 Å². The van der Waals surface area contributed by atoms with Crippen LogP contribution in [0.2, 0.25) is 0 Å². The highest BCUT2D eigenvalue weighted by Crippen LogP contribution is 2.47. The van der Waals surface area contributed by atoms with Gasteiger partial charge in [-0.1, -0.05) is 12.2 Å². The highest BCUT2D eigenvalue weighted by Gasteiger charge is 2.70. The van der Waals surface area contributed by atoms with Crippen LogP contribution in [0.3, 0.4) is 0 Å². The SMILES string of the molecule is O=c1[nH]c(=S)ccn1[C@@H]1O[C@H](CO)C(O)[C@]1(O)C(F)(F)F. The molecule has 1 saturated heterocycles. The lowest BCUT2D eigenvalue weighted by Gasteiger charge is -2.33. The van der Waals surface area contributed by atoms with Gasteiger partial charge in [0.1, 0.15) is 16.8 Å². The molecule has 2 heterocycles. The van der Waals surface area contributed by atoms with E-state index in [9.17, 15) is 28.2 Å². The van der Waals surface area contributed by atoms with Gasteiger partial charge in [0.2, 0.25) is 5.60 Å². The van der Waals surface area contributed by atoms with E-state index in [0.717, 1.165) is 12.3 Å². The largest absolute Gasteiger partial charge is 0.424 e. The Bertz CT molecular complexity index is 645. The number of alkyl halides is 3. The van der Waals surface area contributed by atoms with Crippen LogP contribution in [-0.4, -0.2) is 55.5 Å². The van der Waals surface area contributed by atoms with Gasteiger partial charge in [-0.2, -0.15) is 13.2 Å². The molecule has 1 aromatic rings. The fraction of sp³-hybridized carbons (Fsp3) is 0.600. The fourth-order valence-corrected chi connectivity index (χ4v) is 2.26. The molecule has 4 atom stereocenters. The van der Waals surface area contributed by atoms with Gasteiger partial charge < -0.3 is 20.1 Å². The molecule has 2 rings (SSSR count). The number of aromatic amines is 1. The van der Waals surface area contributed by atoms with Crippen LogP contribution in [-0.2, 0) is 4.74 Å². The van der Waals surface area contributed by atoms with Crippen molar-refractivity contribution in [2.45, 2.75) is 30.2 Å². The number of nitrogens with one attached hydrogen (secondary N) is 1. The summed E-state index contributed by atoms with van der Waals surface area (Å²) < 4.78 is 44.6. The summed E-state index contributed by atoms with van der Waals surface area (Å²) in [6.07, 6.45) is -10.8. The van der Waals surface area contributed by atoms with E-state index in [0.29, 0.717) is 4.57 Å². The van der Waals surface area contributed by atoms with E-state index in [4.69, 9.17) is 9.84 Å². The summed E-state index contributed by atoms with van der Waals surface area (Å²) in [5.74, 6) is 0. The summed E-state index contributed by atoms with van der Waals surface area (Å²) in [5.41, 5.74) is -4.80. The Balaban J connectivity index is 2.60. The quantitative estimate of drug-likeness (QED) is 0.543. The number of aliphatic hydroxyl groups excluding tert-OH is 2.